The van der Waals surface area contributed by atoms with Crippen molar-refractivity contribution in [2.75, 3.05) is 0 Å². The molecule has 0 amide bonds. The molecule has 0 saturated heterocycles. The second kappa shape index (κ2) is 5.57. The van der Waals surface area contributed by atoms with Gasteiger partial charge in [-0.2, -0.15) is 0 Å². The minimum absolute atomic E-state index is 0.201. The fraction of sp³-hybridized carbons (Fsp3) is 0.586. The summed E-state index contributed by atoms with van der Waals surface area (Å²) in [6, 6.07) is 9.19. The highest BCUT2D eigenvalue weighted by Crippen LogP contribution is 2.76. The number of rotatable bonds is 0. The Morgan fingerprint density at radius 2 is 1.59 bits per heavy atom. The fourth-order valence-corrected chi connectivity index (χ4v) is 7.86. The molecule has 1 aromatic rings. The van der Waals surface area contributed by atoms with Gasteiger partial charge in [0.25, 0.3) is 0 Å². The lowest BCUT2D eigenvalue weighted by Crippen LogP contribution is -2.64. The summed E-state index contributed by atoms with van der Waals surface area (Å²) in [7, 11) is 0. The van der Waals surface area contributed by atoms with E-state index in [0.717, 1.165) is 6.42 Å². The van der Waals surface area contributed by atoms with E-state index in [1.165, 1.54) is 24.0 Å². The number of fused-ring (bicyclic) bond motifs is 6. The average Bonchev–Trinajstić information content (AvgIpc) is 3.05. The number of benzene rings is 1. The summed E-state index contributed by atoms with van der Waals surface area (Å²) in [6.45, 7) is 20.5. The van der Waals surface area contributed by atoms with E-state index < -0.39 is 0 Å². The molecular weight excluding hydrogens is 348 g/mol. The highest BCUT2D eigenvalue weighted by Gasteiger charge is 2.68. The van der Waals surface area contributed by atoms with Crippen LogP contribution in [0.4, 0.5) is 0 Å². The second-order valence-electron chi connectivity index (χ2n) is 12.0. The third-order valence-corrected chi connectivity index (χ3v) is 11.1. The van der Waals surface area contributed by atoms with E-state index in [4.69, 9.17) is 0 Å². The molecule has 29 heavy (non-hydrogen) atoms. The molecule has 1 aromatic carbocycles. The van der Waals surface area contributed by atoms with Crippen molar-refractivity contribution in [3.8, 4) is 0 Å². The van der Waals surface area contributed by atoms with Gasteiger partial charge in [0.15, 0.2) is 0 Å². The van der Waals surface area contributed by atoms with Gasteiger partial charge in [0, 0.05) is 5.41 Å². The summed E-state index contributed by atoms with van der Waals surface area (Å²) in [4.78, 5) is 0. The molecule has 0 heterocycles. The summed E-state index contributed by atoms with van der Waals surface area (Å²) in [5, 5.41) is 0. The highest BCUT2D eigenvalue weighted by atomic mass is 14.7. The van der Waals surface area contributed by atoms with Crippen LogP contribution in [0.2, 0.25) is 0 Å². The summed E-state index contributed by atoms with van der Waals surface area (Å²) in [6.07, 6.45) is 8.56. The lowest BCUT2D eigenvalue weighted by molar-refractivity contribution is -0.159. The van der Waals surface area contributed by atoms with Crippen LogP contribution in [0.15, 0.2) is 53.1 Å². The van der Waals surface area contributed by atoms with Crippen LogP contribution in [0.1, 0.15) is 79.4 Å². The molecule has 0 bridgehead atoms. The van der Waals surface area contributed by atoms with Crippen LogP contribution in [0.5, 0.6) is 0 Å². The normalized spacial score (nSPS) is 35.7. The lowest BCUT2D eigenvalue weighted by Gasteiger charge is -2.71. The van der Waals surface area contributed by atoms with E-state index in [9.17, 15) is 0 Å². The first-order valence-electron chi connectivity index (χ1n) is 11.7. The first-order chi connectivity index (χ1) is 13.5. The Kier molecular flexibility index (Phi) is 3.73. The third kappa shape index (κ3) is 1.97. The van der Waals surface area contributed by atoms with Gasteiger partial charge in [0.2, 0.25) is 0 Å². The van der Waals surface area contributed by atoms with E-state index in [1.54, 1.807) is 22.3 Å². The molecule has 0 aliphatic heterocycles. The molecule has 0 heteroatoms. The van der Waals surface area contributed by atoms with Crippen molar-refractivity contribution >= 4 is 5.57 Å². The van der Waals surface area contributed by atoms with Gasteiger partial charge < -0.3 is 0 Å². The molecule has 3 unspecified atom stereocenters. The SMILES string of the molecule is CC1C2=C3Cc4ccccc4C3=C3C=CCCC3C2(C)C(C)(C)C(C)(C)C1(C)C. The summed E-state index contributed by atoms with van der Waals surface area (Å²) >= 11 is 0. The maximum atomic E-state index is 2.65. The Balaban J connectivity index is 1.91. The van der Waals surface area contributed by atoms with Crippen molar-refractivity contribution < 1.29 is 0 Å². The molecule has 0 aromatic heterocycles. The van der Waals surface area contributed by atoms with Crippen LogP contribution >= 0.6 is 0 Å². The van der Waals surface area contributed by atoms with Crippen molar-refractivity contribution in [3.05, 3.63) is 64.3 Å². The molecule has 5 rings (SSSR count). The van der Waals surface area contributed by atoms with E-state index in [1.807, 2.05) is 0 Å². The van der Waals surface area contributed by atoms with Crippen molar-refractivity contribution in [1.29, 1.82) is 0 Å². The van der Waals surface area contributed by atoms with Gasteiger partial charge >= 0.3 is 0 Å². The van der Waals surface area contributed by atoms with Crippen LogP contribution in [0.3, 0.4) is 0 Å². The predicted molar refractivity (Wildman–Crippen MR) is 125 cm³/mol. The Labute approximate surface area is 178 Å². The molecule has 0 spiro atoms. The molecule has 3 atom stereocenters. The Hall–Kier alpha value is -1.56. The molecule has 1 saturated carbocycles. The minimum Gasteiger partial charge on any atom is -0.0842 e. The van der Waals surface area contributed by atoms with Gasteiger partial charge in [0.05, 0.1) is 0 Å². The van der Waals surface area contributed by atoms with Crippen LogP contribution in [-0.4, -0.2) is 0 Å². The van der Waals surface area contributed by atoms with Gasteiger partial charge in [-0.25, -0.2) is 0 Å². The summed E-state index contributed by atoms with van der Waals surface area (Å²) in [5.41, 5.74) is 10.7. The van der Waals surface area contributed by atoms with Gasteiger partial charge in [0.1, 0.15) is 0 Å². The van der Waals surface area contributed by atoms with Crippen molar-refractivity contribution in [2.24, 2.45) is 33.5 Å². The van der Waals surface area contributed by atoms with E-state index in [2.05, 4.69) is 91.8 Å². The zero-order valence-electron chi connectivity index (χ0n) is 19.7. The Morgan fingerprint density at radius 1 is 0.897 bits per heavy atom. The van der Waals surface area contributed by atoms with Crippen LogP contribution < -0.4 is 0 Å². The monoisotopic (exact) mass is 386 g/mol. The third-order valence-electron chi connectivity index (χ3n) is 11.1. The first kappa shape index (κ1) is 19.4. The molecule has 4 aliphatic carbocycles. The Morgan fingerprint density at radius 3 is 2.31 bits per heavy atom. The summed E-state index contributed by atoms with van der Waals surface area (Å²) < 4.78 is 0. The van der Waals surface area contributed by atoms with Gasteiger partial charge in [-0.05, 0) is 75.2 Å². The zero-order chi connectivity index (χ0) is 21.0. The van der Waals surface area contributed by atoms with E-state index in [-0.39, 0.29) is 21.7 Å². The molecule has 1 fully saturated rings. The van der Waals surface area contributed by atoms with E-state index in [0.29, 0.717) is 11.8 Å². The maximum Gasteiger partial charge on any atom is 0.00180 e. The molecule has 154 valence electrons. The van der Waals surface area contributed by atoms with Crippen LogP contribution in [0, 0.1) is 33.5 Å². The average molecular weight is 387 g/mol. The highest BCUT2D eigenvalue weighted by molar-refractivity contribution is 5.92. The van der Waals surface area contributed by atoms with E-state index >= 15 is 0 Å². The van der Waals surface area contributed by atoms with Gasteiger partial charge in [-0.3, -0.25) is 0 Å². The van der Waals surface area contributed by atoms with Crippen LogP contribution in [0.25, 0.3) is 5.57 Å². The zero-order valence-corrected chi connectivity index (χ0v) is 19.7. The standard InChI is InChI=1S/C29H38/c1-18-25-22-17-19-13-9-10-14-20(19)24(22)21-15-11-12-16-23(21)29(25,8)28(6,7)27(4,5)26(18,2)3/h9-11,13-15,18,23H,12,16-17H2,1-8H3. The largest absolute Gasteiger partial charge is 0.0842 e. The van der Waals surface area contributed by atoms with Crippen molar-refractivity contribution in [1.82, 2.24) is 0 Å². The van der Waals surface area contributed by atoms with Crippen molar-refractivity contribution in [3.63, 3.8) is 0 Å². The number of hydrogen-bond donors (Lipinski definition) is 0. The predicted octanol–water partition coefficient (Wildman–Crippen LogP) is 8.01. The van der Waals surface area contributed by atoms with Gasteiger partial charge in [-0.1, -0.05) is 97.4 Å². The lowest BCUT2D eigenvalue weighted by atomic mass is 9.33. The van der Waals surface area contributed by atoms with Crippen molar-refractivity contribution in [2.45, 2.75) is 74.7 Å². The van der Waals surface area contributed by atoms with Crippen LogP contribution in [-0.2, 0) is 6.42 Å². The molecule has 0 nitrogen and oxygen atoms in total. The minimum atomic E-state index is 0.201. The number of allylic oxidation sites excluding steroid dienone is 6. The quantitative estimate of drug-likeness (QED) is 0.423. The Bertz CT molecular complexity index is 991. The topological polar surface area (TPSA) is 0 Å². The maximum absolute atomic E-state index is 2.65. The molecule has 0 N–H and O–H groups in total. The van der Waals surface area contributed by atoms with Gasteiger partial charge in [-0.15, -0.1) is 0 Å². The fourth-order valence-electron chi connectivity index (χ4n) is 7.86. The number of hydrogen-bond acceptors (Lipinski definition) is 0. The molecule has 4 aliphatic rings. The smallest absolute Gasteiger partial charge is 0.00180 e. The summed E-state index contributed by atoms with van der Waals surface area (Å²) in [5.74, 6) is 1.21. The molecule has 0 radical (unpaired) electrons. The molecular formula is C29H38. The second-order valence-corrected chi connectivity index (χ2v) is 12.0. The first-order valence-corrected chi connectivity index (χ1v) is 11.7.